The summed E-state index contributed by atoms with van der Waals surface area (Å²) in [6, 6.07) is 8.16. The number of carboxylic acids is 1. The van der Waals surface area contributed by atoms with Crippen LogP contribution in [0.15, 0.2) is 30.3 Å². The normalized spacial score (nSPS) is 19.7. The van der Waals surface area contributed by atoms with Gasteiger partial charge in [-0.3, -0.25) is 14.9 Å². The number of nitro benzene ring substituents is 1. The maximum Gasteiger partial charge on any atom is 0.306 e. The number of nitrogens with zero attached hydrogens (tertiary/aromatic N) is 3. The minimum absolute atomic E-state index is 0.0231. The predicted molar refractivity (Wildman–Crippen MR) is 95.9 cm³/mol. The van der Waals surface area contributed by atoms with Crippen LogP contribution in [0.4, 0.5) is 11.5 Å². The number of anilines is 1. The molecule has 0 spiro atoms. The summed E-state index contributed by atoms with van der Waals surface area (Å²) in [6.45, 7) is 1.86. The van der Waals surface area contributed by atoms with Gasteiger partial charge in [-0.05, 0) is 44.7 Å². The van der Waals surface area contributed by atoms with E-state index in [1.165, 1.54) is 12.1 Å². The van der Waals surface area contributed by atoms with Gasteiger partial charge in [-0.15, -0.1) is 0 Å². The summed E-state index contributed by atoms with van der Waals surface area (Å²) in [6.07, 6.45) is 2.89. The van der Waals surface area contributed by atoms with E-state index in [0.717, 1.165) is 18.5 Å². The molecular weight excluding hydrogens is 336 g/mol. The van der Waals surface area contributed by atoms with Crippen LogP contribution in [0.3, 0.4) is 0 Å². The van der Waals surface area contributed by atoms with Crippen LogP contribution in [0.2, 0.25) is 0 Å². The van der Waals surface area contributed by atoms with E-state index in [4.69, 9.17) is 5.11 Å². The maximum atomic E-state index is 11.0. The predicted octanol–water partition coefficient (Wildman–Crippen LogP) is 3.42. The lowest BCUT2D eigenvalue weighted by Gasteiger charge is -2.27. The van der Waals surface area contributed by atoms with Crippen LogP contribution in [0.5, 0.6) is 0 Å². The largest absolute Gasteiger partial charge is 0.481 e. The number of aryl methyl sites for hydroxylation is 1. The molecule has 1 saturated carbocycles. The van der Waals surface area contributed by atoms with E-state index >= 15 is 0 Å². The second kappa shape index (κ2) is 7.47. The number of aromatic nitrogens is 2. The van der Waals surface area contributed by atoms with E-state index in [2.05, 4.69) is 15.3 Å². The van der Waals surface area contributed by atoms with Crippen LogP contribution in [0.25, 0.3) is 11.4 Å². The first-order chi connectivity index (χ1) is 12.4. The van der Waals surface area contributed by atoms with Crippen LogP contribution in [-0.2, 0) is 4.79 Å². The van der Waals surface area contributed by atoms with Crippen LogP contribution < -0.4 is 5.32 Å². The Morgan fingerprint density at radius 2 is 1.85 bits per heavy atom. The Balaban J connectivity index is 1.74. The molecule has 1 aromatic carbocycles. The van der Waals surface area contributed by atoms with Gasteiger partial charge in [0.15, 0.2) is 5.82 Å². The zero-order valence-corrected chi connectivity index (χ0v) is 14.4. The third-order valence-electron chi connectivity index (χ3n) is 4.62. The smallest absolute Gasteiger partial charge is 0.306 e. The molecule has 1 heterocycles. The van der Waals surface area contributed by atoms with Gasteiger partial charge in [0, 0.05) is 35.5 Å². The molecule has 26 heavy (non-hydrogen) atoms. The van der Waals surface area contributed by atoms with E-state index in [0.29, 0.717) is 30.0 Å². The molecule has 1 fully saturated rings. The highest BCUT2D eigenvalue weighted by Crippen LogP contribution is 2.27. The number of benzene rings is 1. The molecule has 136 valence electrons. The van der Waals surface area contributed by atoms with Gasteiger partial charge in [0.05, 0.1) is 10.8 Å². The van der Waals surface area contributed by atoms with Gasteiger partial charge < -0.3 is 10.4 Å². The summed E-state index contributed by atoms with van der Waals surface area (Å²) in [5.41, 5.74) is 1.52. The standard InChI is InChI=1S/C18H20N4O4/c1-11-10-16(20-14-6-2-13(3-7-14)18(23)24)21-17(19-11)12-4-8-15(9-5-12)22(25)26/h4-5,8-10,13-14H,2-3,6-7H2,1H3,(H,23,24)(H,19,20,21). The number of hydrogen-bond donors (Lipinski definition) is 2. The van der Waals surface area contributed by atoms with Crippen LogP contribution in [0.1, 0.15) is 31.4 Å². The van der Waals surface area contributed by atoms with Crippen molar-refractivity contribution in [1.29, 1.82) is 0 Å². The average molecular weight is 356 g/mol. The first-order valence-corrected chi connectivity index (χ1v) is 8.52. The lowest BCUT2D eigenvalue weighted by Crippen LogP contribution is -2.29. The Kier molecular flexibility index (Phi) is 5.11. The molecule has 0 saturated heterocycles. The quantitative estimate of drug-likeness (QED) is 0.622. The summed E-state index contributed by atoms with van der Waals surface area (Å²) >= 11 is 0. The fourth-order valence-electron chi connectivity index (χ4n) is 3.20. The Hall–Kier alpha value is -3.03. The van der Waals surface area contributed by atoms with Gasteiger partial charge in [-0.2, -0.15) is 0 Å². The van der Waals surface area contributed by atoms with E-state index in [9.17, 15) is 14.9 Å². The van der Waals surface area contributed by atoms with Crippen LogP contribution in [0, 0.1) is 23.0 Å². The van der Waals surface area contributed by atoms with Crippen LogP contribution >= 0.6 is 0 Å². The Bertz CT molecular complexity index is 814. The molecule has 2 N–H and O–H groups in total. The number of nitro groups is 1. The van der Waals surface area contributed by atoms with Crippen molar-refractivity contribution in [1.82, 2.24) is 9.97 Å². The van der Waals surface area contributed by atoms with Crippen molar-refractivity contribution in [2.45, 2.75) is 38.6 Å². The van der Waals surface area contributed by atoms with Gasteiger partial charge in [-0.25, -0.2) is 9.97 Å². The number of nitrogens with one attached hydrogen (secondary N) is 1. The summed E-state index contributed by atoms with van der Waals surface area (Å²) in [5, 5.41) is 23.2. The molecule has 1 aliphatic carbocycles. The number of rotatable bonds is 5. The molecule has 8 heteroatoms. The van der Waals surface area contributed by atoms with Crippen molar-refractivity contribution in [2.75, 3.05) is 5.32 Å². The minimum atomic E-state index is -0.721. The zero-order valence-electron chi connectivity index (χ0n) is 14.4. The van der Waals surface area contributed by atoms with Crippen molar-refractivity contribution in [3.8, 4) is 11.4 Å². The Morgan fingerprint density at radius 3 is 2.42 bits per heavy atom. The summed E-state index contributed by atoms with van der Waals surface area (Å²) in [7, 11) is 0. The lowest BCUT2D eigenvalue weighted by atomic mass is 9.86. The Morgan fingerprint density at radius 1 is 1.19 bits per heavy atom. The fourth-order valence-corrected chi connectivity index (χ4v) is 3.20. The van der Waals surface area contributed by atoms with E-state index in [-0.39, 0.29) is 17.6 Å². The van der Waals surface area contributed by atoms with Gasteiger partial charge >= 0.3 is 5.97 Å². The molecule has 1 aliphatic rings. The van der Waals surface area contributed by atoms with E-state index in [1.807, 2.05) is 13.0 Å². The molecule has 0 atom stereocenters. The third kappa shape index (κ3) is 4.14. The highest BCUT2D eigenvalue weighted by atomic mass is 16.6. The summed E-state index contributed by atoms with van der Waals surface area (Å²) in [4.78, 5) is 30.3. The molecule has 0 amide bonds. The zero-order chi connectivity index (χ0) is 18.7. The van der Waals surface area contributed by atoms with E-state index < -0.39 is 10.9 Å². The molecule has 0 unspecified atom stereocenters. The number of carboxylic acid groups (broad SMARTS) is 1. The topological polar surface area (TPSA) is 118 Å². The molecule has 2 aromatic rings. The van der Waals surface area contributed by atoms with Gasteiger partial charge in [-0.1, -0.05) is 0 Å². The first kappa shape index (κ1) is 17.8. The summed E-state index contributed by atoms with van der Waals surface area (Å²) < 4.78 is 0. The third-order valence-corrected chi connectivity index (χ3v) is 4.62. The second-order valence-electron chi connectivity index (χ2n) is 6.55. The molecule has 3 rings (SSSR count). The average Bonchev–Trinajstić information content (AvgIpc) is 2.61. The molecule has 0 radical (unpaired) electrons. The number of non-ortho nitro benzene ring substituents is 1. The number of aliphatic carboxylic acids is 1. The molecular formula is C18H20N4O4. The SMILES string of the molecule is Cc1cc(NC2CCC(C(=O)O)CC2)nc(-c2ccc([N+](=O)[O-])cc2)n1. The molecule has 0 aliphatic heterocycles. The van der Waals surface area contributed by atoms with E-state index in [1.54, 1.807) is 12.1 Å². The van der Waals surface area contributed by atoms with Crippen molar-refractivity contribution in [2.24, 2.45) is 5.92 Å². The number of carbonyl (C=O) groups is 1. The lowest BCUT2D eigenvalue weighted by molar-refractivity contribution is -0.384. The Labute approximate surface area is 150 Å². The van der Waals surface area contributed by atoms with Crippen molar-refractivity contribution >= 4 is 17.5 Å². The van der Waals surface area contributed by atoms with Gasteiger partial charge in [0.2, 0.25) is 0 Å². The highest BCUT2D eigenvalue weighted by Gasteiger charge is 2.26. The fraction of sp³-hybridized carbons (Fsp3) is 0.389. The van der Waals surface area contributed by atoms with Crippen molar-refractivity contribution < 1.29 is 14.8 Å². The van der Waals surface area contributed by atoms with Crippen molar-refractivity contribution in [3.63, 3.8) is 0 Å². The van der Waals surface area contributed by atoms with Crippen LogP contribution in [-0.4, -0.2) is 32.0 Å². The highest BCUT2D eigenvalue weighted by molar-refractivity contribution is 5.70. The van der Waals surface area contributed by atoms with Crippen molar-refractivity contribution in [3.05, 3.63) is 46.1 Å². The first-order valence-electron chi connectivity index (χ1n) is 8.52. The van der Waals surface area contributed by atoms with Gasteiger partial charge in [0.25, 0.3) is 5.69 Å². The second-order valence-corrected chi connectivity index (χ2v) is 6.55. The molecule has 8 nitrogen and oxygen atoms in total. The molecule has 1 aromatic heterocycles. The number of hydrogen-bond acceptors (Lipinski definition) is 6. The molecule has 0 bridgehead atoms. The monoisotopic (exact) mass is 356 g/mol. The summed E-state index contributed by atoms with van der Waals surface area (Å²) in [5.74, 6) is 0.212. The minimum Gasteiger partial charge on any atom is -0.481 e. The van der Waals surface area contributed by atoms with Gasteiger partial charge in [0.1, 0.15) is 5.82 Å². The maximum absolute atomic E-state index is 11.0.